The molecule has 3 N–H and O–H groups in total. The van der Waals surface area contributed by atoms with Crippen LogP contribution in [0.15, 0.2) is 54.6 Å². The Balaban J connectivity index is 1.63. The van der Waals surface area contributed by atoms with E-state index in [0.717, 1.165) is 35.3 Å². The van der Waals surface area contributed by atoms with Gasteiger partial charge in [-0.2, -0.15) is 0 Å². The third-order valence-electron chi connectivity index (χ3n) is 6.94. The van der Waals surface area contributed by atoms with Gasteiger partial charge in [0.15, 0.2) is 0 Å². The Labute approximate surface area is 217 Å². The van der Waals surface area contributed by atoms with E-state index in [-0.39, 0.29) is 23.2 Å². The summed E-state index contributed by atoms with van der Waals surface area (Å²) < 4.78 is 25.3. The minimum atomic E-state index is -0.468. The summed E-state index contributed by atoms with van der Waals surface area (Å²) in [5, 5.41) is 14.3. The molecule has 0 aliphatic heterocycles. The zero-order valence-corrected chi connectivity index (χ0v) is 21.9. The average molecular weight is 504 g/mol. The number of carbonyl (C=O) groups is 1. The summed E-state index contributed by atoms with van der Waals surface area (Å²) in [5.74, 6) is 1.12. The Bertz CT molecular complexity index is 1280. The summed E-state index contributed by atoms with van der Waals surface area (Å²) in [4.78, 5) is 12.9. The van der Waals surface area contributed by atoms with Crippen molar-refractivity contribution in [3.8, 4) is 11.5 Å². The van der Waals surface area contributed by atoms with Gasteiger partial charge < -0.3 is 25.5 Å². The number of hydrogen-bond donors (Lipinski definition) is 3. The molecule has 3 aromatic carbocycles. The smallest absolute Gasteiger partial charge is 0.226 e. The van der Waals surface area contributed by atoms with Crippen molar-refractivity contribution in [2.24, 2.45) is 5.41 Å². The number of benzene rings is 3. The number of carbonyl (C=O) groups excluding carboxylic acids is 1. The van der Waals surface area contributed by atoms with Crippen molar-refractivity contribution in [1.82, 2.24) is 5.32 Å². The minimum Gasteiger partial charge on any atom is -0.496 e. The molecule has 6 nitrogen and oxygen atoms in total. The summed E-state index contributed by atoms with van der Waals surface area (Å²) in [7, 11) is 1.66. The fraction of sp³-hybridized carbons (Fsp3) is 0.333. The predicted molar refractivity (Wildman–Crippen MR) is 145 cm³/mol. The third kappa shape index (κ3) is 5.93. The molecule has 7 heteroatoms. The summed E-state index contributed by atoms with van der Waals surface area (Å²) in [6, 6.07) is 15.2. The molecule has 1 amide bonds. The second-order valence-electron chi connectivity index (χ2n) is 10.1. The van der Waals surface area contributed by atoms with Crippen LogP contribution in [0.5, 0.6) is 11.5 Å². The molecule has 0 bridgehead atoms. The Morgan fingerprint density at radius 2 is 1.73 bits per heavy atom. The lowest BCUT2D eigenvalue weighted by molar-refractivity contribution is -0.127. The highest BCUT2D eigenvalue weighted by molar-refractivity contribution is 5.88. The molecule has 194 valence electrons. The number of aryl methyl sites for hydroxylation is 2. The van der Waals surface area contributed by atoms with Crippen molar-refractivity contribution in [2.75, 3.05) is 12.4 Å². The SMILES string of the molecule is COc1c(C)cc([C@@H](Oc2ccc(Nc3ccc(F)cc3)c(C=N)c2)C(C)NC(=O)C2(C)CC2)cc1C. The van der Waals surface area contributed by atoms with Crippen molar-refractivity contribution in [1.29, 1.82) is 5.41 Å². The van der Waals surface area contributed by atoms with E-state index in [1.807, 2.05) is 52.0 Å². The molecule has 0 heterocycles. The normalized spacial score (nSPS) is 15.3. The Morgan fingerprint density at radius 3 is 2.30 bits per heavy atom. The molecule has 2 atom stereocenters. The molecular weight excluding hydrogens is 469 g/mol. The monoisotopic (exact) mass is 503 g/mol. The summed E-state index contributed by atoms with van der Waals surface area (Å²) in [6.45, 7) is 7.91. The van der Waals surface area contributed by atoms with Crippen LogP contribution in [0.1, 0.15) is 55.0 Å². The molecule has 4 rings (SSSR count). The standard InChI is InChI=1S/C30H34FN3O3/c1-18-14-21(15-19(2)27(18)36-5)28(20(3)33-29(35)30(4)12-13-30)37-25-10-11-26(22(16-25)17-32)34-24-8-6-23(31)7-9-24/h6-11,14-17,20,28,32,34H,12-13H2,1-5H3,(H,33,35)/t20?,28-/m0/s1. The van der Waals surface area contributed by atoms with Crippen molar-refractivity contribution in [2.45, 2.75) is 52.7 Å². The van der Waals surface area contributed by atoms with Crippen LogP contribution in [0.2, 0.25) is 0 Å². The van der Waals surface area contributed by atoms with Crippen LogP contribution in [-0.4, -0.2) is 25.3 Å². The number of anilines is 2. The third-order valence-corrected chi connectivity index (χ3v) is 6.94. The van der Waals surface area contributed by atoms with Crippen LogP contribution in [0, 0.1) is 30.5 Å². The first-order chi connectivity index (χ1) is 17.6. The maximum Gasteiger partial charge on any atom is 0.226 e. The van der Waals surface area contributed by atoms with Crippen LogP contribution in [-0.2, 0) is 4.79 Å². The number of ether oxygens (including phenoxy) is 2. The molecule has 0 aromatic heterocycles. The number of amides is 1. The van der Waals surface area contributed by atoms with Gasteiger partial charge in [0.25, 0.3) is 0 Å². The van der Waals surface area contributed by atoms with Crippen LogP contribution in [0.3, 0.4) is 0 Å². The van der Waals surface area contributed by atoms with Crippen molar-refractivity contribution in [3.05, 3.63) is 82.7 Å². The molecule has 37 heavy (non-hydrogen) atoms. The van der Waals surface area contributed by atoms with E-state index in [1.165, 1.54) is 18.3 Å². The lowest BCUT2D eigenvalue weighted by Crippen LogP contribution is -2.42. The van der Waals surface area contributed by atoms with E-state index >= 15 is 0 Å². The maximum atomic E-state index is 13.3. The Kier molecular flexibility index (Phi) is 7.52. The highest BCUT2D eigenvalue weighted by Gasteiger charge is 2.45. The first-order valence-corrected chi connectivity index (χ1v) is 12.4. The molecule has 3 aromatic rings. The summed E-state index contributed by atoms with van der Waals surface area (Å²) in [6.07, 6.45) is 2.56. The minimum absolute atomic E-state index is 0.0366. The first kappa shape index (κ1) is 26.2. The molecule has 1 aliphatic carbocycles. The summed E-state index contributed by atoms with van der Waals surface area (Å²) in [5.41, 5.74) is 4.62. The molecule has 0 saturated heterocycles. The average Bonchev–Trinajstić information content (AvgIpc) is 3.63. The number of hydrogen-bond acceptors (Lipinski definition) is 5. The number of nitrogens with one attached hydrogen (secondary N) is 3. The van der Waals surface area contributed by atoms with E-state index < -0.39 is 6.10 Å². The molecule has 1 unspecified atom stereocenters. The van der Waals surface area contributed by atoms with Crippen LogP contribution >= 0.6 is 0 Å². The number of halogens is 1. The van der Waals surface area contributed by atoms with Crippen LogP contribution < -0.4 is 20.1 Å². The van der Waals surface area contributed by atoms with Gasteiger partial charge in [-0.3, -0.25) is 4.79 Å². The second-order valence-corrected chi connectivity index (χ2v) is 10.1. The molecule has 0 radical (unpaired) electrons. The molecule has 0 spiro atoms. The number of rotatable bonds is 10. The molecule has 1 aliphatic rings. The molecule has 1 saturated carbocycles. The van der Waals surface area contributed by atoms with E-state index in [0.29, 0.717) is 22.7 Å². The fourth-order valence-electron chi connectivity index (χ4n) is 4.48. The van der Waals surface area contributed by atoms with Gasteiger partial charge in [-0.25, -0.2) is 4.39 Å². The lowest BCUT2D eigenvalue weighted by Gasteiger charge is -2.29. The van der Waals surface area contributed by atoms with Crippen LogP contribution in [0.4, 0.5) is 15.8 Å². The van der Waals surface area contributed by atoms with Gasteiger partial charge in [0.2, 0.25) is 5.91 Å². The Hall–Kier alpha value is -3.87. The fourth-order valence-corrected chi connectivity index (χ4v) is 4.48. The molecular formula is C30H34FN3O3. The van der Waals surface area contributed by atoms with Crippen LogP contribution in [0.25, 0.3) is 0 Å². The van der Waals surface area contributed by atoms with E-state index in [1.54, 1.807) is 25.3 Å². The van der Waals surface area contributed by atoms with E-state index in [9.17, 15) is 9.18 Å². The van der Waals surface area contributed by atoms with Crippen molar-refractivity contribution in [3.63, 3.8) is 0 Å². The maximum absolute atomic E-state index is 13.3. The van der Waals surface area contributed by atoms with E-state index in [2.05, 4.69) is 10.6 Å². The van der Waals surface area contributed by atoms with Crippen molar-refractivity contribution >= 4 is 23.5 Å². The highest BCUT2D eigenvalue weighted by Crippen LogP contribution is 2.45. The zero-order valence-electron chi connectivity index (χ0n) is 21.9. The second kappa shape index (κ2) is 10.6. The largest absolute Gasteiger partial charge is 0.496 e. The van der Waals surface area contributed by atoms with Gasteiger partial charge in [-0.15, -0.1) is 0 Å². The van der Waals surface area contributed by atoms with Gasteiger partial charge in [0.05, 0.1) is 13.2 Å². The summed E-state index contributed by atoms with van der Waals surface area (Å²) >= 11 is 0. The van der Waals surface area contributed by atoms with Gasteiger partial charge >= 0.3 is 0 Å². The zero-order chi connectivity index (χ0) is 26.7. The topological polar surface area (TPSA) is 83.4 Å². The quantitative estimate of drug-likeness (QED) is 0.272. The lowest BCUT2D eigenvalue weighted by atomic mass is 9.97. The van der Waals surface area contributed by atoms with Gasteiger partial charge in [-0.1, -0.05) is 6.92 Å². The predicted octanol–water partition coefficient (Wildman–Crippen LogP) is 6.62. The first-order valence-electron chi connectivity index (χ1n) is 12.4. The van der Waals surface area contributed by atoms with Gasteiger partial charge in [0.1, 0.15) is 23.4 Å². The van der Waals surface area contributed by atoms with E-state index in [4.69, 9.17) is 14.9 Å². The molecule has 1 fully saturated rings. The van der Waals surface area contributed by atoms with Gasteiger partial charge in [0, 0.05) is 28.6 Å². The van der Waals surface area contributed by atoms with Gasteiger partial charge in [-0.05, 0) is 105 Å². The Morgan fingerprint density at radius 1 is 1.08 bits per heavy atom. The highest BCUT2D eigenvalue weighted by atomic mass is 19.1. The number of methoxy groups -OCH3 is 1. The van der Waals surface area contributed by atoms with Crippen molar-refractivity contribution < 1.29 is 18.7 Å².